The van der Waals surface area contributed by atoms with Gasteiger partial charge in [-0.3, -0.25) is 0 Å². The van der Waals surface area contributed by atoms with Crippen molar-refractivity contribution in [3.63, 3.8) is 0 Å². The lowest BCUT2D eigenvalue weighted by Gasteiger charge is -2.08. The van der Waals surface area contributed by atoms with Crippen LogP contribution in [0.25, 0.3) is 0 Å². The fourth-order valence-electron chi connectivity index (χ4n) is 1.36. The summed E-state index contributed by atoms with van der Waals surface area (Å²) < 4.78 is 62.2. The highest BCUT2D eigenvalue weighted by Crippen LogP contribution is 2.19. The Hall–Kier alpha value is -1.72. The zero-order valence-corrected chi connectivity index (χ0v) is 12.6. The van der Waals surface area contributed by atoms with Crippen LogP contribution < -0.4 is 10.5 Å². The number of nitrogens with zero attached hydrogens (tertiary/aromatic N) is 1. The van der Waals surface area contributed by atoms with E-state index in [9.17, 15) is 21.2 Å². The lowest BCUT2D eigenvalue weighted by molar-refractivity contribution is 0.317. The molecule has 11 heteroatoms. The summed E-state index contributed by atoms with van der Waals surface area (Å²) in [5.74, 6) is -1.29. The van der Waals surface area contributed by atoms with Gasteiger partial charge in [0, 0.05) is 19.2 Å². The summed E-state index contributed by atoms with van der Waals surface area (Å²) in [6.07, 6.45) is 0.783. The quantitative estimate of drug-likeness (QED) is 0.213. The van der Waals surface area contributed by atoms with Gasteiger partial charge in [0.1, 0.15) is 16.5 Å². The lowest BCUT2D eigenvalue weighted by atomic mass is 10.3. The van der Waals surface area contributed by atoms with Crippen molar-refractivity contribution in [1.29, 1.82) is 0 Å². The normalized spacial score (nSPS) is 13.3. The smallest absolute Gasteiger partial charge is 0.243 e. The minimum Gasteiger partial charge on any atom is -0.409 e. The summed E-state index contributed by atoms with van der Waals surface area (Å²) in [5, 5.41) is 11.0. The van der Waals surface area contributed by atoms with Crippen LogP contribution in [0.15, 0.2) is 33.1 Å². The van der Waals surface area contributed by atoms with Crippen molar-refractivity contribution in [2.24, 2.45) is 10.9 Å². The predicted molar refractivity (Wildman–Crippen MR) is 72.7 cm³/mol. The predicted octanol–water partition coefficient (Wildman–Crippen LogP) is -0.356. The minimum absolute atomic E-state index is 0.0941. The molecule has 0 aliphatic heterocycles. The first-order valence-electron chi connectivity index (χ1n) is 5.53. The number of hydrogen-bond donors (Lipinski definition) is 3. The molecule has 0 fully saturated rings. The fourth-order valence-corrected chi connectivity index (χ4v) is 3.22. The average molecular weight is 339 g/mol. The SMILES string of the molecule is CS(=O)(=O)c1ccc(F)c(S(=O)(=O)NCCC(N)=NO)c1. The van der Waals surface area contributed by atoms with Gasteiger partial charge in [-0.25, -0.2) is 25.9 Å². The first-order valence-corrected chi connectivity index (χ1v) is 8.91. The second-order valence-corrected chi connectivity index (χ2v) is 7.85. The van der Waals surface area contributed by atoms with E-state index < -0.39 is 30.6 Å². The van der Waals surface area contributed by atoms with Crippen LogP contribution in [-0.2, 0) is 19.9 Å². The number of rotatable bonds is 6. The summed E-state index contributed by atoms with van der Waals surface area (Å²) in [6.45, 7) is -0.235. The molecule has 1 aromatic rings. The van der Waals surface area contributed by atoms with Crippen LogP contribution in [0, 0.1) is 5.82 Å². The lowest BCUT2D eigenvalue weighted by Crippen LogP contribution is -2.29. The molecule has 0 aliphatic carbocycles. The Balaban J connectivity index is 3.08. The highest BCUT2D eigenvalue weighted by Gasteiger charge is 2.21. The third-order valence-corrected chi connectivity index (χ3v) is 5.01. The van der Waals surface area contributed by atoms with Crippen molar-refractivity contribution in [1.82, 2.24) is 4.72 Å². The highest BCUT2D eigenvalue weighted by molar-refractivity contribution is 7.91. The summed E-state index contributed by atoms with van der Waals surface area (Å²) in [4.78, 5) is -1.11. The van der Waals surface area contributed by atoms with Gasteiger partial charge < -0.3 is 10.9 Å². The van der Waals surface area contributed by atoms with Crippen LogP contribution in [0.5, 0.6) is 0 Å². The van der Waals surface area contributed by atoms with Gasteiger partial charge in [-0.15, -0.1) is 0 Å². The summed E-state index contributed by atoms with van der Waals surface area (Å²) in [7, 11) is -7.93. The number of benzene rings is 1. The fraction of sp³-hybridized carbons (Fsp3) is 0.300. The number of nitrogens with two attached hydrogens (primary N) is 1. The monoisotopic (exact) mass is 339 g/mol. The molecule has 1 aromatic carbocycles. The van der Waals surface area contributed by atoms with Gasteiger partial charge in [-0.05, 0) is 18.2 Å². The minimum atomic E-state index is -4.26. The van der Waals surface area contributed by atoms with E-state index >= 15 is 0 Å². The number of hydrogen-bond acceptors (Lipinski definition) is 6. The van der Waals surface area contributed by atoms with Crippen LogP contribution in [0.4, 0.5) is 4.39 Å². The van der Waals surface area contributed by atoms with Crippen LogP contribution in [0.1, 0.15) is 6.42 Å². The number of sulfonamides is 1. The largest absolute Gasteiger partial charge is 0.409 e. The molecule has 0 atom stereocenters. The van der Waals surface area contributed by atoms with Gasteiger partial charge in [0.2, 0.25) is 10.0 Å². The molecule has 0 unspecified atom stereocenters. The maximum Gasteiger partial charge on any atom is 0.243 e. The van der Waals surface area contributed by atoms with Crippen molar-refractivity contribution < 1.29 is 26.4 Å². The molecule has 0 saturated heterocycles. The van der Waals surface area contributed by atoms with E-state index in [2.05, 4.69) is 5.16 Å². The number of nitrogens with one attached hydrogen (secondary N) is 1. The Morgan fingerprint density at radius 1 is 1.38 bits per heavy atom. The van der Waals surface area contributed by atoms with Crippen molar-refractivity contribution in [2.45, 2.75) is 16.2 Å². The molecule has 0 aliphatic rings. The van der Waals surface area contributed by atoms with Crippen molar-refractivity contribution >= 4 is 25.7 Å². The van der Waals surface area contributed by atoms with Gasteiger partial charge in [-0.1, -0.05) is 5.16 Å². The zero-order chi connectivity index (χ0) is 16.3. The first kappa shape index (κ1) is 17.3. The number of oxime groups is 1. The van der Waals surface area contributed by atoms with Crippen LogP contribution in [-0.4, -0.2) is 40.7 Å². The maximum atomic E-state index is 13.6. The molecule has 0 heterocycles. The van der Waals surface area contributed by atoms with Crippen LogP contribution in [0.3, 0.4) is 0 Å². The molecule has 4 N–H and O–H groups in total. The third-order valence-electron chi connectivity index (χ3n) is 2.42. The standard InChI is InChI=1S/C10H14FN3O5S2/c1-20(16,17)7-2-3-8(11)9(6-7)21(18,19)13-5-4-10(12)14-15/h2-3,6,13,15H,4-5H2,1H3,(H2,12,14). The van der Waals surface area contributed by atoms with Gasteiger partial charge in [0.05, 0.1) is 4.90 Å². The summed E-state index contributed by atoms with van der Waals surface area (Å²) in [5.41, 5.74) is 5.16. The Labute approximate surface area is 121 Å². The molecule has 8 nitrogen and oxygen atoms in total. The average Bonchev–Trinajstić information content (AvgIpc) is 2.37. The second-order valence-electron chi connectivity index (χ2n) is 4.10. The Morgan fingerprint density at radius 2 is 2.00 bits per heavy atom. The third kappa shape index (κ3) is 4.65. The Morgan fingerprint density at radius 3 is 2.52 bits per heavy atom. The highest BCUT2D eigenvalue weighted by atomic mass is 32.2. The Kier molecular flexibility index (Phi) is 5.25. The van der Waals surface area contributed by atoms with Gasteiger partial charge in [0.25, 0.3) is 0 Å². The van der Waals surface area contributed by atoms with Crippen molar-refractivity contribution in [3.05, 3.63) is 24.0 Å². The van der Waals surface area contributed by atoms with Gasteiger partial charge in [-0.2, -0.15) is 0 Å². The zero-order valence-electron chi connectivity index (χ0n) is 10.9. The molecule has 1 rings (SSSR count). The summed E-state index contributed by atoms with van der Waals surface area (Å²) in [6, 6.07) is 2.46. The van der Waals surface area contributed by atoms with Gasteiger partial charge >= 0.3 is 0 Å². The number of halogens is 1. The molecule has 0 radical (unpaired) electrons. The van der Waals surface area contributed by atoms with E-state index in [1.807, 2.05) is 4.72 Å². The molecule has 0 saturated carbocycles. The molecule has 0 spiro atoms. The van der Waals surface area contributed by atoms with E-state index in [0.717, 1.165) is 24.5 Å². The second kappa shape index (κ2) is 6.37. The van der Waals surface area contributed by atoms with E-state index in [1.165, 1.54) is 0 Å². The molecule has 0 aromatic heterocycles. The van der Waals surface area contributed by atoms with E-state index in [1.54, 1.807) is 0 Å². The van der Waals surface area contributed by atoms with E-state index in [0.29, 0.717) is 0 Å². The van der Waals surface area contributed by atoms with Crippen LogP contribution >= 0.6 is 0 Å². The molecule has 0 bridgehead atoms. The molecule has 21 heavy (non-hydrogen) atoms. The summed E-state index contributed by atoms with van der Waals surface area (Å²) >= 11 is 0. The topological polar surface area (TPSA) is 139 Å². The van der Waals surface area contributed by atoms with Crippen molar-refractivity contribution in [3.8, 4) is 0 Å². The van der Waals surface area contributed by atoms with Crippen molar-refractivity contribution in [2.75, 3.05) is 12.8 Å². The van der Waals surface area contributed by atoms with Gasteiger partial charge in [0.15, 0.2) is 9.84 Å². The van der Waals surface area contributed by atoms with E-state index in [-0.39, 0.29) is 23.7 Å². The molecular weight excluding hydrogens is 325 g/mol. The first-order chi connectivity index (χ1) is 9.58. The van der Waals surface area contributed by atoms with E-state index in [4.69, 9.17) is 10.9 Å². The Bertz CT molecular complexity index is 759. The number of sulfone groups is 1. The maximum absolute atomic E-state index is 13.6. The van der Waals surface area contributed by atoms with Crippen LogP contribution in [0.2, 0.25) is 0 Å². The molecule has 0 amide bonds. The molecular formula is C10H14FN3O5S2. The number of amidine groups is 1. The molecule has 118 valence electrons.